The summed E-state index contributed by atoms with van der Waals surface area (Å²) < 4.78 is 5.79. The number of nitrogens with zero attached hydrogens (tertiary/aromatic N) is 2. The molecule has 3 rings (SSSR count). The topological polar surface area (TPSA) is 38.9 Å². The van der Waals surface area contributed by atoms with Gasteiger partial charge < -0.3 is 4.42 Å². The van der Waals surface area contributed by atoms with Crippen LogP contribution in [-0.2, 0) is 0 Å². The zero-order valence-corrected chi connectivity index (χ0v) is 11.9. The van der Waals surface area contributed by atoms with Gasteiger partial charge in [0, 0.05) is 35.8 Å². The minimum Gasteiger partial charge on any atom is -0.454 e. The van der Waals surface area contributed by atoms with Crippen molar-refractivity contribution in [3.63, 3.8) is 0 Å². The first-order valence-corrected chi connectivity index (χ1v) is 6.58. The van der Waals surface area contributed by atoms with Crippen molar-refractivity contribution in [2.75, 3.05) is 0 Å². The van der Waals surface area contributed by atoms with E-state index in [1.54, 1.807) is 24.7 Å². The van der Waals surface area contributed by atoms with Gasteiger partial charge in [-0.3, -0.25) is 9.97 Å². The van der Waals surface area contributed by atoms with Crippen molar-refractivity contribution < 1.29 is 4.42 Å². The average Bonchev–Trinajstić information content (AvgIpc) is 2.78. The van der Waals surface area contributed by atoms with E-state index in [4.69, 9.17) is 16.0 Å². The quantitative estimate of drug-likeness (QED) is 0.635. The Labute approximate surface area is 117 Å². The third kappa shape index (κ3) is 2.61. The van der Waals surface area contributed by atoms with Crippen LogP contribution in [0.3, 0.4) is 0 Å². The number of aromatic nitrogens is 2. The minimum absolute atomic E-state index is 0.576. The first kappa shape index (κ1) is 13.6. The summed E-state index contributed by atoms with van der Waals surface area (Å²) in [5.41, 5.74) is 3.57. The third-order valence-electron chi connectivity index (χ3n) is 2.67. The lowest BCUT2D eigenvalue weighted by Crippen LogP contribution is -1.79. The Bertz CT molecular complexity index is 677. The predicted octanol–water partition coefficient (Wildman–Crippen LogP) is 4.88. The summed E-state index contributed by atoms with van der Waals surface area (Å²) in [6, 6.07) is 5.60. The molecule has 0 bridgehead atoms. The molecule has 0 fully saturated rings. The molecule has 4 heteroatoms. The van der Waals surface area contributed by atoms with Gasteiger partial charge in [-0.25, -0.2) is 0 Å². The van der Waals surface area contributed by atoms with E-state index < -0.39 is 0 Å². The van der Waals surface area contributed by atoms with E-state index in [1.807, 2.05) is 32.9 Å². The van der Waals surface area contributed by atoms with Gasteiger partial charge in [0.2, 0.25) is 0 Å². The zero-order chi connectivity index (χ0) is 13.8. The van der Waals surface area contributed by atoms with E-state index in [-0.39, 0.29) is 0 Å². The highest BCUT2D eigenvalue weighted by Crippen LogP contribution is 2.32. The van der Waals surface area contributed by atoms with Gasteiger partial charge in [0.1, 0.15) is 11.3 Å². The Morgan fingerprint density at radius 1 is 1.16 bits per heavy atom. The van der Waals surface area contributed by atoms with E-state index in [0.717, 1.165) is 22.4 Å². The predicted molar refractivity (Wildman–Crippen MR) is 78.3 cm³/mol. The highest BCUT2D eigenvalue weighted by atomic mass is 35.5. The first-order valence-electron chi connectivity index (χ1n) is 6.21. The van der Waals surface area contributed by atoms with Crippen LogP contribution in [0.15, 0.2) is 41.2 Å². The van der Waals surface area contributed by atoms with E-state index >= 15 is 0 Å². The van der Waals surface area contributed by atoms with E-state index in [0.29, 0.717) is 10.6 Å². The van der Waals surface area contributed by atoms with Crippen LogP contribution in [0.1, 0.15) is 19.4 Å². The molecule has 3 aromatic heterocycles. The Morgan fingerprint density at radius 2 is 1.84 bits per heavy atom. The van der Waals surface area contributed by atoms with Gasteiger partial charge in [-0.15, -0.1) is 0 Å². The van der Waals surface area contributed by atoms with Gasteiger partial charge in [-0.05, 0) is 19.1 Å². The molecule has 0 unspecified atom stereocenters. The second kappa shape index (κ2) is 5.85. The maximum Gasteiger partial charge on any atom is 0.155 e. The SMILES string of the molecule is CC.Cc1c(-c2ccncc2)oc2cc(Cl)cnc12. The smallest absolute Gasteiger partial charge is 0.155 e. The van der Waals surface area contributed by atoms with E-state index in [9.17, 15) is 0 Å². The molecule has 0 radical (unpaired) electrons. The van der Waals surface area contributed by atoms with Crippen LogP contribution in [0.4, 0.5) is 0 Å². The lowest BCUT2D eigenvalue weighted by molar-refractivity contribution is 0.628. The number of halogens is 1. The molecule has 98 valence electrons. The summed E-state index contributed by atoms with van der Waals surface area (Å²) in [6.45, 7) is 5.99. The first-order chi connectivity index (χ1) is 9.25. The number of pyridine rings is 2. The van der Waals surface area contributed by atoms with Crippen LogP contribution in [-0.4, -0.2) is 9.97 Å². The molecular formula is C15H15ClN2O. The molecule has 0 aliphatic heterocycles. The second-order valence-electron chi connectivity index (χ2n) is 3.79. The van der Waals surface area contributed by atoms with Crippen molar-refractivity contribution >= 4 is 22.7 Å². The molecular weight excluding hydrogens is 260 g/mol. The molecule has 3 aromatic rings. The maximum atomic E-state index is 5.89. The van der Waals surface area contributed by atoms with Gasteiger partial charge >= 0.3 is 0 Å². The molecule has 0 aromatic carbocycles. The largest absolute Gasteiger partial charge is 0.454 e. The van der Waals surface area contributed by atoms with Crippen molar-refractivity contribution in [1.29, 1.82) is 0 Å². The summed E-state index contributed by atoms with van der Waals surface area (Å²) in [5.74, 6) is 0.817. The summed E-state index contributed by atoms with van der Waals surface area (Å²) in [7, 11) is 0. The lowest BCUT2D eigenvalue weighted by atomic mass is 10.1. The van der Waals surface area contributed by atoms with Gasteiger partial charge in [-0.2, -0.15) is 0 Å². The Morgan fingerprint density at radius 3 is 2.53 bits per heavy atom. The van der Waals surface area contributed by atoms with E-state index in [2.05, 4.69) is 9.97 Å². The van der Waals surface area contributed by atoms with Gasteiger partial charge in [0.25, 0.3) is 0 Å². The van der Waals surface area contributed by atoms with Crippen molar-refractivity contribution in [2.45, 2.75) is 20.8 Å². The number of fused-ring (bicyclic) bond motifs is 1. The average molecular weight is 275 g/mol. The summed E-state index contributed by atoms with van der Waals surface area (Å²) >= 11 is 5.89. The molecule has 3 nitrogen and oxygen atoms in total. The number of furan rings is 1. The molecule has 0 aliphatic rings. The summed E-state index contributed by atoms with van der Waals surface area (Å²) in [6.07, 6.45) is 5.10. The molecule has 0 amide bonds. The van der Waals surface area contributed by atoms with Crippen LogP contribution in [0.2, 0.25) is 5.02 Å². The standard InChI is InChI=1S/C13H9ClN2O.C2H6/c1-8-12-11(6-10(14)7-16-12)17-13(8)9-2-4-15-5-3-9;1-2/h2-7H,1H3;1-2H3. The summed E-state index contributed by atoms with van der Waals surface area (Å²) in [5, 5.41) is 0.576. The highest BCUT2D eigenvalue weighted by molar-refractivity contribution is 6.31. The van der Waals surface area contributed by atoms with Gasteiger partial charge in [0.05, 0.1) is 5.02 Å². The normalized spacial score (nSPS) is 10.1. The molecule has 0 atom stereocenters. The van der Waals surface area contributed by atoms with Crippen LogP contribution < -0.4 is 0 Å². The number of rotatable bonds is 1. The summed E-state index contributed by atoms with van der Waals surface area (Å²) in [4.78, 5) is 8.28. The molecule has 3 heterocycles. The fourth-order valence-corrected chi connectivity index (χ4v) is 2.00. The molecule has 19 heavy (non-hydrogen) atoms. The van der Waals surface area contributed by atoms with Gasteiger partial charge in [-0.1, -0.05) is 25.4 Å². The van der Waals surface area contributed by atoms with E-state index in [1.165, 1.54) is 0 Å². The molecule has 0 saturated heterocycles. The Balaban J connectivity index is 0.000000637. The lowest BCUT2D eigenvalue weighted by Gasteiger charge is -1.96. The highest BCUT2D eigenvalue weighted by Gasteiger charge is 2.13. The van der Waals surface area contributed by atoms with Crippen LogP contribution in [0.5, 0.6) is 0 Å². The van der Waals surface area contributed by atoms with Crippen LogP contribution in [0, 0.1) is 6.92 Å². The maximum absolute atomic E-state index is 5.89. The number of hydrogen-bond donors (Lipinski definition) is 0. The zero-order valence-electron chi connectivity index (χ0n) is 11.1. The Hall–Kier alpha value is -1.87. The molecule has 0 saturated carbocycles. The number of hydrogen-bond acceptors (Lipinski definition) is 3. The number of aryl methyl sites for hydroxylation is 1. The molecule has 0 N–H and O–H groups in total. The second-order valence-corrected chi connectivity index (χ2v) is 4.23. The molecule has 0 spiro atoms. The monoisotopic (exact) mass is 274 g/mol. The van der Waals surface area contributed by atoms with Crippen LogP contribution in [0.25, 0.3) is 22.4 Å². The Kier molecular flexibility index (Phi) is 4.17. The third-order valence-corrected chi connectivity index (χ3v) is 2.88. The van der Waals surface area contributed by atoms with Crippen molar-refractivity contribution in [3.8, 4) is 11.3 Å². The fraction of sp³-hybridized carbons (Fsp3) is 0.200. The van der Waals surface area contributed by atoms with Gasteiger partial charge in [0.15, 0.2) is 5.58 Å². The van der Waals surface area contributed by atoms with Crippen LogP contribution >= 0.6 is 11.6 Å². The molecule has 0 aliphatic carbocycles. The van der Waals surface area contributed by atoms with Crippen molar-refractivity contribution in [3.05, 3.63) is 47.4 Å². The van der Waals surface area contributed by atoms with Crippen molar-refractivity contribution in [1.82, 2.24) is 9.97 Å². The van der Waals surface area contributed by atoms with Crippen molar-refractivity contribution in [2.24, 2.45) is 0 Å². The minimum atomic E-state index is 0.576. The fourth-order valence-electron chi connectivity index (χ4n) is 1.85.